The van der Waals surface area contributed by atoms with E-state index in [1.807, 2.05) is 80.5 Å². The highest BCUT2D eigenvalue weighted by Gasteiger charge is 2.62. The molecule has 1 aromatic heterocycles. The van der Waals surface area contributed by atoms with Gasteiger partial charge in [-0.25, -0.2) is 9.55 Å². The Kier molecular flexibility index (Phi) is 19.6. The summed E-state index contributed by atoms with van der Waals surface area (Å²) in [5.74, 6) is -7.87. The van der Waals surface area contributed by atoms with Gasteiger partial charge in [0.15, 0.2) is 6.23 Å². The summed E-state index contributed by atoms with van der Waals surface area (Å²) in [4.78, 5) is 125. The Balaban J connectivity index is 1.18. The number of benzene rings is 1. The van der Waals surface area contributed by atoms with Crippen LogP contribution >= 0.6 is 7.82 Å². The number of aliphatic hydroxyl groups excluding tert-OH is 2. The highest BCUT2D eigenvalue weighted by molar-refractivity contribution is 7.47. The molecule has 2 aromatic rings. The number of aromatic nitrogens is 2. The van der Waals surface area contributed by atoms with Gasteiger partial charge in [0.25, 0.3) is 0 Å². The predicted molar refractivity (Wildman–Crippen MR) is 329 cm³/mol. The van der Waals surface area contributed by atoms with Crippen LogP contribution in [0.25, 0.3) is 11.0 Å². The molecule has 2 fully saturated rings. The molecular weight excluding hydrogens is 1170 g/mol. The molecule has 8 bridgehead atoms. The van der Waals surface area contributed by atoms with Gasteiger partial charge >= 0.3 is 7.82 Å². The number of primary amides is 6. The number of fused-ring (bicyclic) bond motifs is 7. The number of phosphoric ester groups is 1. The van der Waals surface area contributed by atoms with Gasteiger partial charge in [0.05, 0.1) is 41.7 Å². The number of allylic oxidation sites excluding steroid dienone is 6. The third kappa shape index (κ3) is 13.4. The Labute approximate surface area is 517 Å². The number of imidazole rings is 1. The van der Waals surface area contributed by atoms with Crippen LogP contribution in [0.3, 0.4) is 0 Å². The summed E-state index contributed by atoms with van der Waals surface area (Å²) in [5.41, 5.74) is 38.6. The number of amides is 7. The minimum Gasteiger partial charge on any atom is -0.394 e. The molecule has 0 aliphatic carbocycles. The summed E-state index contributed by atoms with van der Waals surface area (Å²) in [5, 5.41) is 28.2. The van der Waals surface area contributed by atoms with E-state index in [-0.39, 0.29) is 77.2 Å². The van der Waals surface area contributed by atoms with E-state index < -0.39 is 144 Å². The Morgan fingerprint density at radius 3 is 2.02 bits per heavy atom. The van der Waals surface area contributed by atoms with Crippen LogP contribution in [0.1, 0.15) is 143 Å². The molecule has 7 heterocycles. The molecule has 7 amide bonds. The van der Waals surface area contributed by atoms with Gasteiger partial charge in [-0.1, -0.05) is 27.7 Å². The van der Waals surface area contributed by atoms with Crippen molar-refractivity contribution in [1.29, 1.82) is 0 Å². The lowest BCUT2D eigenvalue weighted by molar-refractivity contribution is -0.123. The largest absolute Gasteiger partial charge is 0.472 e. The van der Waals surface area contributed by atoms with Gasteiger partial charge in [0.1, 0.15) is 18.3 Å². The first kappa shape index (κ1) is 67.9. The minimum atomic E-state index is -5.06. The lowest BCUT2D eigenvalue weighted by Crippen LogP contribution is -2.50. The second-order valence-electron chi connectivity index (χ2n) is 26.4. The van der Waals surface area contributed by atoms with Gasteiger partial charge in [0, 0.05) is 132 Å². The zero-order valence-corrected chi connectivity index (χ0v) is 53.2. The van der Waals surface area contributed by atoms with E-state index in [2.05, 4.69) is 15.6 Å². The first-order valence-corrected chi connectivity index (χ1v) is 31.7. The highest BCUT2D eigenvalue weighted by Crippen LogP contribution is 2.59. The van der Waals surface area contributed by atoms with Gasteiger partial charge in [-0.3, -0.25) is 57.6 Å². The van der Waals surface area contributed by atoms with Crippen molar-refractivity contribution < 1.29 is 67.0 Å². The fraction of sp³-hybridized carbons (Fsp3) is 0.623. The maximum absolute atomic E-state index is 14.3. The quantitative estimate of drug-likeness (QED) is 0.0603. The lowest BCUT2D eigenvalue weighted by atomic mass is 9.61. The van der Waals surface area contributed by atoms with Crippen molar-refractivity contribution in [3.63, 3.8) is 0 Å². The summed E-state index contributed by atoms with van der Waals surface area (Å²) in [7, 11) is -5.06. The molecule has 3 unspecified atom stereocenters. The van der Waals surface area contributed by atoms with Crippen molar-refractivity contribution in [3.8, 4) is 0 Å². The molecule has 17 N–H and O–H groups in total. The van der Waals surface area contributed by atoms with Crippen molar-refractivity contribution in [3.05, 3.63) is 63.9 Å². The Hall–Kier alpha value is -7.00. The number of aliphatic imine (C=N–C) groups is 3. The van der Waals surface area contributed by atoms with Gasteiger partial charge < -0.3 is 69.4 Å². The topological polar surface area (TPSA) is 460 Å². The number of nitrogens with zero attached hydrogens (tertiary/aromatic N) is 5. The number of ether oxygens (including phenoxy) is 1. The number of carbonyl (C=O) groups is 7. The number of rotatable bonds is 26. The van der Waals surface area contributed by atoms with Gasteiger partial charge in [-0.2, -0.15) is 0 Å². The normalized spacial score (nSPS) is 33.6. The van der Waals surface area contributed by atoms with Crippen LogP contribution < -0.4 is 45.0 Å². The molecular formula is C61H88N13O14P. The number of hydrogen-bond acceptors (Lipinski definition) is 18. The van der Waals surface area contributed by atoms with Crippen LogP contribution in [0.2, 0.25) is 0 Å². The molecule has 486 valence electrons. The molecule has 0 radical (unpaired) electrons. The van der Waals surface area contributed by atoms with Crippen molar-refractivity contribution in [2.45, 2.75) is 182 Å². The number of nitrogens with one attached hydrogen (secondary N) is 2. The number of hydrogen-bond donors (Lipinski definition) is 11. The zero-order chi connectivity index (χ0) is 65.8. The molecule has 6 aliphatic heterocycles. The van der Waals surface area contributed by atoms with E-state index in [1.54, 1.807) is 4.57 Å². The van der Waals surface area contributed by atoms with Crippen LogP contribution in [-0.4, -0.2) is 132 Å². The third-order valence-corrected chi connectivity index (χ3v) is 21.0. The Morgan fingerprint density at radius 1 is 0.809 bits per heavy atom. The number of carbonyl (C=O) groups excluding carboxylic acids is 7. The second-order valence-corrected chi connectivity index (χ2v) is 27.8. The summed E-state index contributed by atoms with van der Waals surface area (Å²) in [6.07, 6.45) is -4.13. The number of nitrogens with two attached hydrogens (primary N) is 6. The van der Waals surface area contributed by atoms with Crippen LogP contribution in [0, 0.1) is 59.7 Å². The average molecular weight is 1260 g/mol. The first-order valence-electron chi connectivity index (χ1n) is 30.2. The second kappa shape index (κ2) is 25.7. The van der Waals surface area contributed by atoms with E-state index in [4.69, 9.17) is 63.2 Å². The van der Waals surface area contributed by atoms with Crippen LogP contribution in [0.4, 0.5) is 0 Å². The molecule has 0 spiro atoms. The van der Waals surface area contributed by atoms with E-state index in [9.17, 15) is 53.2 Å². The van der Waals surface area contributed by atoms with Crippen molar-refractivity contribution in [1.82, 2.24) is 20.2 Å². The average Bonchev–Trinajstić information content (AvgIpc) is 1.61. The Morgan fingerprint density at radius 2 is 1.42 bits per heavy atom. The molecule has 27 nitrogen and oxygen atoms in total. The smallest absolute Gasteiger partial charge is 0.394 e. The maximum Gasteiger partial charge on any atom is 0.472 e. The molecule has 1 aromatic carbocycles. The van der Waals surface area contributed by atoms with E-state index in [1.165, 1.54) is 13.3 Å². The van der Waals surface area contributed by atoms with Gasteiger partial charge in [-0.05, 0) is 108 Å². The summed E-state index contributed by atoms with van der Waals surface area (Å²) in [6.45, 7) is 17.4. The fourth-order valence-corrected chi connectivity index (χ4v) is 16.2. The number of aryl methyl sites for hydroxylation is 2. The monoisotopic (exact) mass is 1260 g/mol. The standard InChI is InChI=1S/C61H88N13O14P/c1-28-19-39-40(20-29(28)2)74(27-69-39)57-52(83)53(41(26-75)86-57)88-89(84,85)87-30(3)25-68-49(82)17-18-59(8)37(22-47(66)80)56-61(10)36(21-46(65)79)33(11-14-43(62)76)50(73-61)31(4)55-60(9,24-48(67)81)34(12-15-44(63)77)38(70-55)23-42-58(6,7)35(13-16-45(64)78)51(71-42)32(5)54(59)72-56/h19-20,23,27,30,33-37,41,52-53,56-57,70,75,83H,11-18,21-22,24-26H2,1-10H3,(H2,62,76)(H2,63,77)(H2,64,78)(H2,65,79)(H2,66,80)(H2,67,81)(H,68,82)(H,84,85)/b38-23-,51-32-,55-31-/t30?,33-,34+,35+,36-,37-,41+,52+,53+,56?,57-,59+,60-,61+/m0/s1. The lowest BCUT2D eigenvalue weighted by Gasteiger charge is -2.42. The summed E-state index contributed by atoms with van der Waals surface area (Å²) >= 11 is 0. The van der Waals surface area contributed by atoms with Crippen LogP contribution in [0.15, 0.2) is 67.8 Å². The third-order valence-electron chi connectivity index (χ3n) is 19.9. The maximum atomic E-state index is 14.3. The zero-order valence-electron chi connectivity index (χ0n) is 52.3. The van der Waals surface area contributed by atoms with Gasteiger partial charge in [0.2, 0.25) is 41.4 Å². The molecule has 0 saturated carbocycles. The minimum absolute atomic E-state index is 0.00351. The fourth-order valence-electron chi connectivity index (χ4n) is 15.1. The molecule has 28 heteroatoms. The summed E-state index contributed by atoms with van der Waals surface area (Å²) in [6, 6.07) is 2.73. The molecule has 2 saturated heterocycles. The number of aliphatic hydroxyl groups is 2. The highest BCUT2D eigenvalue weighted by atomic mass is 31.2. The molecule has 15 atom stereocenters. The van der Waals surface area contributed by atoms with Crippen molar-refractivity contribution in [2.24, 2.45) is 95.2 Å². The predicted octanol–water partition coefficient (Wildman–Crippen LogP) is 2.77. The van der Waals surface area contributed by atoms with Crippen LogP contribution in [0.5, 0.6) is 0 Å². The van der Waals surface area contributed by atoms with E-state index >= 15 is 0 Å². The van der Waals surface area contributed by atoms with Crippen LogP contribution in [-0.2, 0) is 51.9 Å². The molecule has 89 heavy (non-hydrogen) atoms. The molecule has 6 aliphatic rings. The SMILES string of the molecule is C/C1=C2N=C(/C=C3\N/C(=C(/C)C4=N[C@@](C)(C5N=C1[C@](C)(CCC(=O)NCC(C)OP(=O)(O)O[C@H]1[C@@H](O)[C@@H](n6cnc7cc(C)c(C)cc76)O[C@@H]1CO)[C@H]5CC(N)=O)[C@@H](CC(N)=O)[C@@H]4CCC(N)=O)[C@@](C)(CC(N)=O)[C@@H]3CCC(N)=O)C(C)(C)[C@@H]/2CCC(N)=O. The van der Waals surface area contributed by atoms with Crippen molar-refractivity contribution >= 4 is 77.3 Å². The Bertz CT molecular complexity index is 3480. The first-order chi connectivity index (χ1) is 41.5. The van der Waals surface area contributed by atoms with Crippen molar-refractivity contribution in [2.75, 3.05) is 13.2 Å². The number of phosphoric acid groups is 1. The summed E-state index contributed by atoms with van der Waals surface area (Å²) < 4.78 is 32.2. The van der Waals surface area contributed by atoms with E-state index in [0.717, 1.165) is 11.1 Å². The molecule has 8 rings (SSSR count). The van der Waals surface area contributed by atoms with E-state index in [0.29, 0.717) is 56.4 Å². The van der Waals surface area contributed by atoms with Gasteiger partial charge in [-0.15, -0.1) is 0 Å².